The molecular formula is C31H33ClFN3O2. The van der Waals surface area contributed by atoms with Crippen LogP contribution in [-0.4, -0.2) is 26.9 Å². The first-order valence-electron chi connectivity index (χ1n) is 13.0. The van der Waals surface area contributed by atoms with Crippen molar-refractivity contribution in [2.24, 2.45) is 5.92 Å². The fourth-order valence-electron chi connectivity index (χ4n) is 4.74. The lowest BCUT2D eigenvalue weighted by atomic mass is 9.98. The van der Waals surface area contributed by atoms with Crippen LogP contribution in [0.15, 0.2) is 71.5 Å². The molecule has 0 saturated carbocycles. The highest BCUT2D eigenvalue weighted by Crippen LogP contribution is 2.31. The zero-order chi connectivity index (χ0) is 27.4. The minimum absolute atomic E-state index is 0.0864. The number of rotatable bonds is 9. The Morgan fingerprint density at radius 3 is 2.47 bits per heavy atom. The first kappa shape index (κ1) is 27.5. The average molecular weight is 534 g/mol. The Labute approximate surface area is 227 Å². The maximum atomic E-state index is 14.5. The minimum atomic E-state index is -0.529. The summed E-state index contributed by atoms with van der Waals surface area (Å²) in [7, 11) is 0. The summed E-state index contributed by atoms with van der Waals surface area (Å²) in [5.74, 6) is -0.313. The van der Waals surface area contributed by atoms with Gasteiger partial charge in [0.2, 0.25) is 0 Å². The fraction of sp³-hybridized carbons (Fsp3) is 0.323. The molecule has 0 spiro atoms. The Kier molecular flexibility index (Phi) is 8.62. The summed E-state index contributed by atoms with van der Waals surface area (Å²) in [5, 5.41) is 0.940. The van der Waals surface area contributed by atoms with E-state index in [4.69, 9.17) is 16.6 Å². The number of carbonyl (C=O) groups excluding carboxylic acids is 1. The van der Waals surface area contributed by atoms with Gasteiger partial charge in [-0.3, -0.25) is 14.2 Å². The van der Waals surface area contributed by atoms with Crippen molar-refractivity contribution < 1.29 is 9.18 Å². The predicted octanol–water partition coefficient (Wildman–Crippen LogP) is 7.19. The van der Waals surface area contributed by atoms with Crippen molar-refractivity contribution in [3.8, 4) is 0 Å². The van der Waals surface area contributed by atoms with Crippen molar-refractivity contribution in [3.63, 3.8) is 0 Å². The molecule has 7 heteroatoms. The van der Waals surface area contributed by atoms with E-state index in [0.29, 0.717) is 40.4 Å². The van der Waals surface area contributed by atoms with Gasteiger partial charge in [0.1, 0.15) is 11.6 Å². The molecule has 1 amide bonds. The van der Waals surface area contributed by atoms with Crippen molar-refractivity contribution in [2.45, 2.75) is 53.1 Å². The van der Waals surface area contributed by atoms with E-state index in [0.717, 1.165) is 18.4 Å². The molecule has 0 aliphatic carbocycles. The summed E-state index contributed by atoms with van der Waals surface area (Å²) < 4.78 is 16.1. The lowest BCUT2D eigenvalue weighted by Crippen LogP contribution is -2.42. The van der Waals surface area contributed by atoms with Crippen LogP contribution in [0.2, 0.25) is 5.02 Å². The lowest BCUT2D eigenvalue weighted by molar-refractivity contribution is 0.0600. The van der Waals surface area contributed by atoms with E-state index in [1.807, 2.05) is 44.2 Å². The van der Waals surface area contributed by atoms with Gasteiger partial charge in [0.05, 0.1) is 23.5 Å². The van der Waals surface area contributed by atoms with Crippen molar-refractivity contribution >= 4 is 28.4 Å². The van der Waals surface area contributed by atoms with Gasteiger partial charge in [0, 0.05) is 17.1 Å². The van der Waals surface area contributed by atoms with Gasteiger partial charge in [0.15, 0.2) is 0 Å². The molecule has 1 heterocycles. The smallest absolute Gasteiger partial charge is 0.261 e. The van der Waals surface area contributed by atoms with Crippen LogP contribution < -0.4 is 5.56 Å². The van der Waals surface area contributed by atoms with E-state index in [9.17, 15) is 14.0 Å². The predicted molar refractivity (Wildman–Crippen MR) is 151 cm³/mol. The molecule has 4 aromatic rings. The fourth-order valence-corrected chi connectivity index (χ4v) is 4.91. The topological polar surface area (TPSA) is 55.2 Å². The molecule has 0 unspecified atom stereocenters. The van der Waals surface area contributed by atoms with Crippen LogP contribution in [0.3, 0.4) is 0 Å². The number of unbranched alkanes of at least 4 members (excludes halogenated alkanes) is 1. The van der Waals surface area contributed by atoms with Gasteiger partial charge >= 0.3 is 0 Å². The molecule has 4 rings (SSSR count). The summed E-state index contributed by atoms with van der Waals surface area (Å²) in [6.07, 6.45) is 1.63. The Balaban J connectivity index is 1.94. The van der Waals surface area contributed by atoms with Crippen LogP contribution in [0.4, 0.5) is 4.39 Å². The highest BCUT2D eigenvalue weighted by Gasteiger charge is 2.33. The number of amides is 1. The second-order valence-corrected chi connectivity index (χ2v) is 10.4. The Bertz CT molecular complexity index is 1500. The SMILES string of the molecule is CCCCN(C(=O)c1ccc(C)c(F)c1)[C@@H](c1nc2cc(Cl)ccc2c(=O)n1Cc1ccccc1)C(C)C. The molecule has 198 valence electrons. The number of hydrogen-bond acceptors (Lipinski definition) is 3. The van der Waals surface area contributed by atoms with Crippen molar-refractivity contribution in [1.29, 1.82) is 0 Å². The normalized spacial score (nSPS) is 12.2. The van der Waals surface area contributed by atoms with Gasteiger partial charge in [-0.25, -0.2) is 9.37 Å². The van der Waals surface area contributed by atoms with Gasteiger partial charge in [-0.15, -0.1) is 0 Å². The number of fused-ring (bicyclic) bond motifs is 1. The van der Waals surface area contributed by atoms with Crippen molar-refractivity contribution in [1.82, 2.24) is 14.5 Å². The van der Waals surface area contributed by atoms with Crippen LogP contribution in [-0.2, 0) is 6.54 Å². The quantitative estimate of drug-likeness (QED) is 0.229. The summed E-state index contributed by atoms with van der Waals surface area (Å²) in [6.45, 7) is 8.49. The third kappa shape index (κ3) is 5.81. The van der Waals surface area contributed by atoms with Crippen LogP contribution in [0.5, 0.6) is 0 Å². The number of aryl methyl sites for hydroxylation is 1. The summed E-state index contributed by atoms with van der Waals surface area (Å²) in [5.41, 5.74) is 1.99. The number of benzene rings is 3. The first-order chi connectivity index (χ1) is 18.2. The van der Waals surface area contributed by atoms with Gasteiger partial charge in [-0.1, -0.05) is 75.2 Å². The Morgan fingerprint density at radius 1 is 1.08 bits per heavy atom. The van der Waals surface area contributed by atoms with Gasteiger partial charge < -0.3 is 4.90 Å². The molecule has 1 aromatic heterocycles. The van der Waals surface area contributed by atoms with E-state index in [2.05, 4.69) is 6.92 Å². The van der Waals surface area contributed by atoms with Crippen molar-refractivity contribution in [3.05, 3.63) is 110 Å². The number of carbonyl (C=O) groups is 1. The highest BCUT2D eigenvalue weighted by molar-refractivity contribution is 6.31. The average Bonchev–Trinajstić information content (AvgIpc) is 2.89. The summed E-state index contributed by atoms with van der Waals surface area (Å²) >= 11 is 6.28. The second kappa shape index (κ2) is 11.9. The van der Waals surface area contributed by atoms with Gasteiger partial charge in [-0.05, 0) is 60.7 Å². The zero-order valence-corrected chi connectivity index (χ0v) is 23.0. The number of aromatic nitrogens is 2. The van der Waals surface area contributed by atoms with E-state index in [1.165, 1.54) is 6.07 Å². The van der Waals surface area contributed by atoms with E-state index >= 15 is 0 Å². The number of hydrogen-bond donors (Lipinski definition) is 0. The van der Waals surface area contributed by atoms with Gasteiger partial charge in [-0.2, -0.15) is 0 Å². The molecular weight excluding hydrogens is 501 g/mol. The maximum Gasteiger partial charge on any atom is 0.261 e. The standard InChI is InChI=1S/C31H33ClFN3O2/c1-5-6-16-35(30(37)23-13-12-21(4)26(33)17-23)28(20(2)3)29-34-27-18-24(32)14-15-25(27)31(38)36(29)19-22-10-8-7-9-11-22/h7-15,17-18,20,28H,5-6,16,19H2,1-4H3/t28-/m1/s1. The highest BCUT2D eigenvalue weighted by atomic mass is 35.5. The molecule has 0 aliphatic heterocycles. The molecule has 1 atom stereocenters. The Hall–Kier alpha value is -3.51. The van der Waals surface area contributed by atoms with E-state index in [-0.39, 0.29) is 22.9 Å². The number of nitrogens with zero attached hydrogens (tertiary/aromatic N) is 3. The third-order valence-electron chi connectivity index (χ3n) is 6.79. The molecule has 0 saturated heterocycles. The largest absolute Gasteiger partial charge is 0.328 e. The minimum Gasteiger partial charge on any atom is -0.328 e. The number of halogens is 2. The van der Waals surface area contributed by atoms with Crippen LogP contribution in [0, 0.1) is 18.7 Å². The molecule has 5 nitrogen and oxygen atoms in total. The zero-order valence-electron chi connectivity index (χ0n) is 22.2. The van der Waals surface area contributed by atoms with Crippen LogP contribution in [0.1, 0.15) is 67.0 Å². The molecule has 0 fully saturated rings. The molecule has 0 aliphatic rings. The van der Waals surface area contributed by atoms with Gasteiger partial charge in [0.25, 0.3) is 11.5 Å². The summed E-state index contributed by atoms with van der Waals surface area (Å²) in [4.78, 5) is 34.5. The molecule has 3 aromatic carbocycles. The summed E-state index contributed by atoms with van der Waals surface area (Å²) in [6, 6.07) is 18.8. The van der Waals surface area contributed by atoms with E-state index < -0.39 is 11.9 Å². The Morgan fingerprint density at radius 2 is 1.82 bits per heavy atom. The molecule has 0 bridgehead atoms. The monoisotopic (exact) mass is 533 g/mol. The molecule has 0 N–H and O–H groups in total. The lowest BCUT2D eigenvalue weighted by Gasteiger charge is -2.35. The van der Waals surface area contributed by atoms with Crippen molar-refractivity contribution in [2.75, 3.05) is 6.54 Å². The maximum absolute atomic E-state index is 14.5. The van der Waals surface area contributed by atoms with Crippen LogP contribution >= 0.6 is 11.6 Å². The first-order valence-corrected chi connectivity index (χ1v) is 13.4. The third-order valence-corrected chi connectivity index (χ3v) is 7.03. The molecule has 38 heavy (non-hydrogen) atoms. The molecule has 0 radical (unpaired) electrons. The van der Waals surface area contributed by atoms with E-state index in [1.54, 1.807) is 46.7 Å². The second-order valence-electron chi connectivity index (χ2n) is 10.0. The van der Waals surface area contributed by atoms with Crippen LogP contribution in [0.25, 0.3) is 10.9 Å².